The maximum Gasteiger partial charge on any atom is 0.342 e. The first-order valence-electron chi connectivity index (χ1n) is 8.61. The van der Waals surface area contributed by atoms with Gasteiger partial charge in [0.1, 0.15) is 28.8 Å². The molecule has 2 N–H and O–H groups in total. The van der Waals surface area contributed by atoms with Crippen molar-refractivity contribution in [3.8, 4) is 17.2 Å². The second kappa shape index (κ2) is 9.85. The maximum atomic E-state index is 12.7. The number of hydrogen-bond acceptors (Lipinski definition) is 9. The molecule has 1 unspecified atom stereocenters. The van der Waals surface area contributed by atoms with Crippen LogP contribution in [0.25, 0.3) is 0 Å². The fraction of sp³-hybridized carbons (Fsp3) is 0.278. The Morgan fingerprint density at radius 2 is 1.90 bits per heavy atom. The van der Waals surface area contributed by atoms with Gasteiger partial charge in [-0.15, -0.1) is 11.0 Å². The molecule has 30 heavy (non-hydrogen) atoms. The summed E-state index contributed by atoms with van der Waals surface area (Å²) >= 11 is 5.93. The first-order valence-corrected chi connectivity index (χ1v) is 10.4. The van der Waals surface area contributed by atoms with Crippen molar-refractivity contribution in [1.29, 1.82) is 0 Å². The molecule has 0 fully saturated rings. The molecule has 0 amide bonds. The molecule has 0 heterocycles. The van der Waals surface area contributed by atoms with Crippen LogP contribution in [0.15, 0.2) is 56.7 Å². The van der Waals surface area contributed by atoms with E-state index < -0.39 is 14.9 Å². The molecule has 2 rings (SSSR count). The second-order valence-corrected chi connectivity index (χ2v) is 8.05. The number of methoxy groups -OCH3 is 1. The number of ether oxygens (including phenoxy) is 2. The molecule has 0 radical (unpaired) electrons. The summed E-state index contributed by atoms with van der Waals surface area (Å²) in [6.07, 6.45) is 0. The van der Waals surface area contributed by atoms with Gasteiger partial charge in [0, 0.05) is 15.9 Å². The molecule has 0 aromatic heterocycles. The Morgan fingerprint density at radius 3 is 2.53 bits per heavy atom. The minimum Gasteiger partial charge on any atom is -0.495 e. The van der Waals surface area contributed by atoms with Gasteiger partial charge in [-0.3, -0.25) is 0 Å². The number of hydrogen-bond donors (Lipinski definition) is 1. The number of benzene rings is 2. The van der Waals surface area contributed by atoms with E-state index in [0.29, 0.717) is 5.75 Å². The zero-order chi connectivity index (χ0) is 22.4. The normalized spacial score (nSPS) is 13.6. The monoisotopic (exact) mass is 456 g/mol. The topological polar surface area (TPSA) is 125 Å². The zero-order valence-electron chi connectivity index (χ0n) is 16.8. The highest BCUT2D eigenvalue weighted by Crippen LogP contribution is 2.31. The Bertz CT molecular complexity index is 1050. The molecule has 12 heteroatoms. The lowest BCUT2D eigenvalue weighted by molar-refractivity contribution is -0.957. The minimum absolute atomic E-state index is 0.0654. The van der Waals surface area contributed by atoms with E-state index in [2.05, 4.69) is 22.2 Å². The summed E-state index contributed by atoms with van der Waals surface area (Å²) in [6.45, 7) is 5.42. The molecule has 1 atom stereocenters. The fourth-order valence-electron chi connectivity index (χ4n) is 2.46. The molecule has 0 aliphatic carbocycles. The van der Waals surface area contributed by atoms with Crippen LogP contribution in [0, 0.1) is 6.92 Å². The summed E-state index contributed by atoms with van der Waals surface area (Å²) in [5, 5.41) is 11.3. The lowest BCUT2D eigenvalue weighted by atomic mass is 10.2. The quantitative estimate of drug-likeness (QED) is 0.146. The van der Waals surface area contributed by atoms with Crippen molar-refractivity contribution in [3.63, 3.8) is 0 Å². The highest BCUT2D eigenvalue weighted by Gasteiger charge is 2.24. The average Bonchev–Trinajstić information content (AvgIpc) is 2.67. The molecule has 0 spiro atoms. The third kappa shape index (κ3) is 6.13. The highest BCUT2D eigenvalue weighted by atomic mass is 35.5. The number of nitrogens with two attached hydrogens (primary N) is 1. The van der Waals surface area contributed by atoms with Gasteiger partial charge in [-0.05, 0) is 47.9 Å². The summed E-state index contributed by atoms with van der Waals surface area (Å²) in [7, 11) is -1.39. The van der Waals surface area contributed by atoms with Crippen molar-refractivity contribution in [2.45, 2.75) is 11.8 Å². The van der Waals surface area contributed by atoms with Crippen molar-refractivity contribution in [2.75, 3.05) is 27.3 Å². The van der Waals surface area contributed by atoms with E-state index in [-0.39, 0.29) is 34.6 Å². The van der Waals surface area contributed by atoms with Crippen LogP contribution in [0.1, 0.15) is 5.56 Å². The van der Waals surface area contributed by atoms with E-state index in [4.69, 9.17) is 31.1 Å². The predicted octanol–water partition coefficient (Wildman–Crippen LogP) is 3.11. The summed E-state index contributed by atoms with van der Waals surface area (Å²) in [4.78, 5) is -0.789. The van der Waals surface area contributed by atoms with Gasteiger partial charge < -0.3 is 13.7 Å². The number of nitrogens with zero attached hydrogens (tertiary/aromatic N) is 4. The van der Waals surface area contributed by atoms with Crippen LogP contribution in [-0.2, 0) is 10.1 Å². The Balaban J connectivity index is 2.21. The van der Waals surface area contributed by atoms with Gasteiger partial charge in [-0.25, -0.2) is 0 Å². The Kier molecular flexibility index (Phi) is 7.73. The first-order chi connectivity index (χ1) is 14.1. The van der Waals surface area contributed by atoms with Gasteiger partial charge in [-0.2, -0.15) is 8.42 Å². The molecular formula is C18H23ClN5O5S+. The molecule has 0 saturated heterocycles. The van der Waals surface area contributed by atoms with Gasteiger partial charge in [-0.1, -0.05) is 11.6 Å². The number of rotatable bonds is 10. The maximum absolute atomic E-state index is 12.7. The Labute approximate surface area is 180 Å². The van der Waals surface area contributed by atoms with Crippen LogP contribution in [0.2, 0.25) is 5.02 Å². The van der Waals surface area contributed by atoms with Crippen LogP contribution in [-0.4, -0.2) is 47.3 Å². The SMILES string of the molecule is C=N[N+](N)(CCOc1cc(C)cc(OS(=O)(=O)c2cc(Cl)ccc2OC)c1)N=NC. The number of aryl methyl sites for hydroxylation is 1. The second-order valence-electron chi connectivity index (χ2n) is 6.10. The number of halogens is 1. The van der Waals surface area contributed by atoms with Gasteiger partial charge in [0.25, 0.3) is 0 Å². The van der Waals surface area contributed by atoms with Crippen LogP contribution in [0.3, 0.4) is 0 Å². The van der Waals surface area contributed by atoms with Gasteiger partial charge in [0.15, 0.2) is 6.54 Å². The Morgan fingerprint density at radius 1 is 1.20 bits per heavy atom. The molecule has 0 saturated carbocycles. The smallest absolute Gasteiger partial charge is 0.342 e. The average molecular weight is 457 g/mol. The molecule has 10 nitrogen and oxygen atoms in total. The van der Waals surface area contributed by atoms with Crippen LogP contribution < -0.4 is 19.5 Å². The molecule has 2 aromatic carbocycles. The van der Waals surface area contributed by atoms with E-state index in [1.807, 2.05) is 0 Å². The molecule has 0 aliphatic rings. The largest absolute Gasteiger partial charge is 0.495 e. The molecule has 2 aromatic rings. The van der Waals surface area contributed by atoms with Gasteiger partial charge >= 0.3 is 10.1 Å². The molecule has 0 bridgehead atoms. The van der Waals surface area contributed by atoms with Crippen molar-refractivity contribution < 1.29 is 26.9 Å². The minimum atomic E-state index is -4.21. The van der Waals surface area contributed by atoms with Gasteiger partial charge in [0.05, 0.1) is 26.1 Å². The molecule has 162 valence electrons. The third-order valence-electron chi connectivity index (χ3n) is 3.80. The van der Waals surface area contributed by atoms with Crippen molar-refractivity contribution in [1.82, 2.24) is 0 Å². The first kappa shape index (κ1) is 23.5. The van der Waals surface area contributed by atoms with E-state index in [0.717, 1.165) is 5.56 Å². The Hall–Kier alpha value is -2.73. The lowest BCUT2D eigenvalue weighted by Crippen LogP contribution is -2.46. The van der Waals surface area contributed by atoms with Crippen molar-refractivity contribution in [3.05, 3.63) is 47.0 Å². The van der Waals surface area contributed by atoms with Crippen molar-refractivity contribution >= 4 is 28.4 Å². The van der Waals surface area contributed by atoms with Gasteiger partial charge in [0.2, 0.25) is 0 Å². The van der Waals surface area contributed by atoms with E-state index in [1.165, 1.54) is 38.4 Å². The van der Waals surface area contributed by atoms with Crippen LogP contribution in [0.4, 0.5) is 0 Å². The number of quaternary nitrogens is 1. The predicted molar refractivity (Wildman–Crippen MR) is 112 cm³/mol. The van der Waals surface area contributed by atoms with Crippen LogP contribution in [0.5, 0.6) is 17.2 Å². The summed E-state index contributed by atoms with van der Waals surface area (Å²) in [5.74, 6) is 6.42. The summed E-state index contributed by atoms with van der Waals surface area (Å²) in [5.41, 5.74) is 0.722. The van der Waals surface area contributed by atoms with Crippen molar-refractivity contribution in [2.24, 2.45) is 21.3 Å². The standard InChI is InChI=1S/C18H23ClN5O5S/c1-13-9-15(28-8-7-24(20,22-3)23-21-2)12-16(10-13)29-30(25,26)18-11-14(19)5-6-17(18)27-4/h5-6,9-12H,3,7-8,20H2,1-2,4H3/q+1. The lowest BCUT2D eigenvalue weighted by Gasteiger charge is -2.17. The molecule has 0 aliphatic heterocycles. The summed E-state index contributed by atoms with van der Waals surface area (Å²) < 4.78 is 41.5. The van der Waals surface area contributed by atoms with Crippen LogP contribution >= 0.6 is 11.6 Å². The van der Waals surface area contributed by atoms with E-state index >= 15 is 0 Å². The zero-order valence-corrected chi connectivity index (χ0v) is 18.4. The van der Waals surface area contributed by atoms with E-state index in [1.54, 1.807) is 19.1 Å². The molecular weight excluding hydrogens is 434 g/mol. The third-order valence-corrected chi connectivity index (χ3v) is 5.31. The highest BCUT2D eigenvalue weighted by molar-refractivity contribution is 7.87. The van der Waals surface area contributed by atoms with E-state index in [9.17, 15) is 8.42 Å². The summed E-state index contributed by atoms with van der Waals surface area (Å²) in [6, 6.07) is 8.93. The fourth-order valence-corrected chi connectivity index (χ4v) is 3.80.